The second-order valence-electron chi connectivity index (χ2n) is 16.9. The van der Waals surface area contributed by atoms with Crippen LogP contribution in [0.15, 0.2) is 206 Å². The molecule has 286 valence electrons. The van der Waals surface area contributed by atoms with Crippen molar-refractivity contribution >= 4 is 43.1 Å². The number of nitrogens with zero attached hydrogens (tertiary/aromatic N) is 2. The van der Waals surface area contributed by atoms with Crippen LogP contribution in [0.3, 0.4) is 0 Å². The van der Waals surface area contributed by atoms with E-state index in [2.05, 4.69) is 214 Å². The van der Waals surface area contributed by atoms with Crippen LogP contribution in [0.1, 0.15) is 25.0 Å². The molecule has 2 heteroatoms. The highest BCUT2D eigenvalue weighted by molar-refractivity contribution is 6.12. The van der Waals surface area contributed by atoms with Crippen LogP contribution in [0.4, 0.5) is 0 Å². The molecule has 0 unspecified atom stereocenters. The van der Waals surface area contributed by atoms with Crippen molar-refractivity contribution in [3.8, 4) is 67.3 Å². The molecule has 0 bridgehead atoms. The topological polar surface area (TPSA) is 25.8 Å². The van der Waals surface area contributed by atoms with Crippen molar-refractivity contribution in [3.63, 3.8) is 0 Å². The predicted octanol–water partition coefficient (Wildman–Crippen LogP) is 15.7. The zero-order valence-electron chi connectivity index (χ0n) is 34.0. The molecule has 10 aromatic carbocycles. The Morgan fingerprint density at radius 2 is 0.770 bits per heavy atom. The van der Waals surface area contributed by atoms with Gasteiger partial charge in [-0.1, -0.05) is 196 Å². The van der Waals surface area contributed by atoms with E-state index in [-0.39, 0.29) is 5.41 Å². The van der Waals surface area contributed by atoms with Crippen molar-refractivity contribution in [2.75, 3.05) is 0 Å². The van der Waals surface area contributed by atoms with Crippen molar-refractivity contribution in [2.24, 2.45) is 0 Å². The molecule has 0 radical (unpaired) electrons. The fourth-order valence-corrected chi connectivity index (χ4v) is 10.0. The Hall–Kier alpha value is -7.68. The second kappa shape index (κ2) is 13.7. The lowest BCUT2D eigenvalue weighted by molar-refractivity contribution is 0.661. The van der Waals surface area contributed by atoms with Gasteiger partial charge in [-0.2, -0.15) is 0 Å². The SMILES string of the molecule is CC1(C)c2cc(-c3ccc(-c4ccc(-c5cc(-c6cccc7ccccc67)nc(-c6ccccc6)n5)c5ccccc45)c4ccccc34)ccc2-c2cc3ccccc3cc21. The molecule has 0 spiro atoms. The highest BCUT2D eigenvalue weighted by Crippen LogP contribution is 2.51. The fraction of sp³-hybridized carbons (Fsp3) is 0.0508. The lowest BCUT2D eigenvalue weighted by Gasteiger charge is -2.22. The van der Waals surface area contributed by atoms with Crippen molar-refractivity contribution in [2.45, 2.75) is 19.3 Å². The molecule has 12 rings (SSSR count). The highest BCUT2D eigenvalue weighted by Gasteiger charge is 2.36. The van der Waals surface area contributed by atoms with Gasteiger partial charge < -0.3 is 0 Å². The van der Waals surface area contributed by atoms with E-state index < -0.39 is 0 Å². The van der Waals surface area contributed by atoms with Gasteiger partial charge in [0.2, 0.25) is 0 Å². The number of hydrogen-bond acceptors (Lipinski definition) is 2. The summed E-state index contributed by atoms with van der Waals surface area (Å²) >= 11 is 0. The van der Waals surface area contributed by atoms with Crippen LogP contribution >= 0.6 is 0 Å². The third-order valence-electron chi connectivity index (χ3n) is 13.1. The Bertz CT molecular complexity index is 3560. The molecular weight excluding hydrogens is 737 g/mol. The minimum absolute atomic E-state index is 0.109. The van der Waals surface area contributed by atoms with Gasteiger partial charge in [0.1, 0.15) is 0 Å². The normalized spacial score (nSPS) is 12.9. The van der Waals surface area contributed by atoms with Crippen molar-refractivity contribution < 1.29 is 0 Å². The molecule has 11 aromatic rings. The predicted molar refractivity (Wildman–Crippen MR) is 257 cm³/mol. The van der Waals surface area contributed by atoms with E-state index in [1.54, 1.807) is 0 Å². The van der Waals surface area contributed by atoms with Crippen molar-refractivity contribution in [1.29, 1.82) is 0 Å². The van der Waals surface area contributed by atoms with Crippen LogP contribution in [-0.4, -0.2) is 9.97 Å². The molecule has 61 heavy (non-hydrogen) atoms. The number of benzene rings is 10. The van der Waals surface area contributed by atoms with Gasteiger partial charge in [0, 0.05) is 22.1 Å². The van der Waals surface area contributed by atoms with Crippen LogP contribution in [0.5, 0.6) is 0 Å². The third kappa shape index (κ3) is 5.64. The summed E-state index contributed by atoms with van der Waals surface area (Å²) in [6.07, 6.45) is 0. The van der Waals surface area contributed by atoms with Crippen molar-refractivity contribution in [3.05, 3.63) is 217 Å². The fourth-order valence-electron chi connectivity index (χ4n) is 10.0. The first-order chi connectivity index (χ1) is 30.0. The first kappa shape index (κ1) is 35.3. The highest BCUT2D eigenvalue weighted by atomic mass is 14.9. The van der Waals surface area contributed by atoms with Gasteiger partial charge in [-0.15, -0.1) is 0 Å². The van der Waals surface area contributed by atoms with Crippen LogP contribution < -0.4 is 0 Å². The van der Waals surface area contributed by atoms with Gasteiger partial charge in [0.15, 0.2) is 5.82 Å². The van der Waals surface area contributed by atoms with Crippen molar-refractivity contribution in [1.82, 2.24) is 9.97 Å². The van der Waals surface area contributed by atoms with Gasteiger partial charge in [0.05, 0.1) is 11.4 Å². The monoisotopic (exact) mass is 776 g/mol. The smallest absolute Gasteiger partial charge is 0.160 e. The molecule has 0 saturated heterocycles. The summed E-state index contributed by atoms with van der Waals surface area (Å²) in [7, 11) is 0. The maximum Gasteiger partial charge on any atom is 0.160 e. The Morgan fingerprint density at radius 1 is 0.295 bits per heavy atom. The molecular formula is C59H40N2. The minimum atomic E-state index is -0.109. The lowest BCUT2D eigenvalue weighted by atomic mass is 9.80. The van der Waals surface area contributed by atoms with Gasteiger partial charge >= 0.3 is 0 Å². The summed E-state index contributed by atoms with van der Waals surface area (Å²) < 4.78 is 0. The number of fused-ring (bicyclic) bond motifs is 7. The van der Waals surface area contributed by atoms with E-state index in [1.165, 1.54) is 82.2 Å². The summed E-state index contributed by atoms with van der Waals surface area (Å²) in [5.41, 5.74) is 15.2. The molecule has 0 saturated carbocycles. The van der Waals surface area contributed by atoms with E-state index in [4.69, 9.17) is 9.97 Å². The van der Waals surface area contributed by atoms with Crippen LogP contribution in [-0.2, 0) is 5.41 Å². The second-order valence-corrected chi connectivity index (χ2v) is 16.9. The quantitative estimate of drug-likeness (QED) is 0.174. The summed E-state index contributed by atoms with van der Waals surface area (Å²) in [5, 5.41) is 9.77. The number of hydrogen-bond donors (Lipinski definition) is 0. The molecule has 0 amide bonds. The molecule has 1 aliphatic rings. The van der Waals surface area contributed by atoms with Gasteiger partial charge in [-0.25, -0.2) is 9.97 Å². The minimum Gasteiger partial charge on any atom is -0.228 e. The largest absolute Gasteiger partial charge is 0.228 e. The molecule has 1 aliphatic carbocycles. The van der Waals surface area contributed by atoms with E-state index >= 15 is 0 Å². The summed E-state index contributed by atoms with van der Waals surface area (Å²) in [6, 6.07) is 75.0. The van der Waals surface area contributed by atoms with Gasteiger partial charge in [-0.05, 0) is 112 Å². The zero-order valence-corrected chi connectivity index (χ0v) is 34.0. The molecule has 0 fully saturated rings. The summed E-state index contributed by atoms with van der Waals surface area (Å²) in [6.45, 7) is 4.75. The molecule has 0 aliphatic heterocycles. The number of rotatable bonds is 5. The first-order valence-corrected chi connectivity index (χ1v) is 21.1. The third-order valence-corrected chi connectivity index (χ3v) is 13.1. The average molecular weight is 777 g/mol. The standard InChI is InChI=1S/C59H40N2/c1-59(2)54-35-41(27-28-50(54)53-33-39-18-6-7-19-40(39)34-55(53)59)43-29-30-48(45-23-11-10-22-44(43)45)49-31-32-52(47-25-13-12-24-46(47)49)57-36-56(60-58(61-57)38-16-4-3-5-17-38)51-26-14-20-37-15-8-9-21-42(37)51/h3-36H,1-2H3. The van der Waals surface area contributed by atoms with Gasteiger partial charge in [0.25, 0.3) is 0 Å². The Balaban J connectivity index is 0.997. The summed E-state index contributed by atoms with van der Waals surface area (Å²) in [5.74, 6) is 0.711. The van der Waals surface area contributed by atoms with E-state index in [0.29, 0.717) is 5.82 Å². The Morgan fingerprint density at radius 3 is 1.46 bits per heavy atom. The first-order valence-electron chi connectivity index (χ1n) is 21.1. The Kier molecular flexibility index (Phi) is 7.92. The average Bonchev–Trinajstić information content (AvgIpc) is 3.54. The maximum atomic E-state index is 5.28. The number of aromatic nitrogens is 2. The molecule has 0 N–H and O–H groups in total. The lowest BCUT2D eigenvalue weighted by Crippen LogP contribution is -2.15. The molecule has 1 aromatic heterocycles. The van der Waals surface area contributed by atoms with E-state index in [1.807, 2.05) is 6.07 Å². The molecule has 0 atom stereocenters. The Labute approximate surface area is 355 Å². The van der Waals surface area contributed by atoms with Crippen LogP contribution in [0.25, 0.3) is 110 Å². The maximum absolute atomic E-state index is 5.28. The molecule has 2 nitrogen and oxygen atoms in total. The zero-order chi connectivity index (χ0) is 40.7. The summed E-state index contributed by atoms with van der Waals surface area (Å²) in [4.78, 5) is 10.5. The van der Waals surface area contributed by atoms with Crippen LogP contribution in [0.2, 0.25) is 0 Å². The van der Waals surface area contributed by atoms with Crippen LogP contribution in [0, 0.1) is 0 Å². The van der Waals surface area contributed by atoms with E-state index in [9.17, 15) is 0 Å². The van der Waals surface area contributed by atoms with E-state index in [0.717, 1.165) is 33.5 Å². The molecule has 1 heterocycles. The van der Waals surface area contributed by atoms with Gasteiger partial charge in [-0.3, -0.25) is 0 Å².